The summed E-state index contributed by atoms with van der Waals surface area (Å²) in [6.07, 6.45) is 4.89. The number of H-pyrrole nitrogens is 1. The summed E-state index contributed by atoms with van der Waals surface area (Å²) in [6, 6.07) is 8.26. The molecule has 4 nitrogen and oxygen atoms in total. The Bertz CT molecular complexity index is 508. The highest BCUT2D eigenvalue weighted by Gasteiger charge is 2.16. The summed E-state index contributed by atoms with van der Waals surface area (Å²) in [7, 11) is 0. The molecule has 1 aromatic heterocycles. The largest absolute Gasteiger partial charge is 0.491 e. The molecule has 1 unspecified atom stereocenters. The van der Waals surface area contributed by atoms with Crippen molar-refractivity contribution in [2.24, 2.45) is 0 Å². The Morgan fingerprint density at radius 1 is 1.35 bits per heavy atom. The van der Waals surface area contributed by atoms with Gasteiger partial charge < -0.3 is 15.0 Å². The first-order valence-electron chi connectivity index (χ1n) is 7.20. The first-order valence-corrected chi connectivity index (χ1v) is 7.20. The minimum absolute atomic E-state index is 0.0701. The number of benzene rings is 1. The van der Waals surface area contributed by atoms with Crippen LogP contribution in [0.25, 0.3) is 0 Å². The second-order valence-electron chi connectivity index (χ2n) is 5.10. The van der Waals surface area contributed by atoms with Gasteiger partial charge in [-0.05, 0) is 44.5 Å². The Labute approximate surface area is 120 Å². The van der Waals surface area contributed by atoms with Gasteiger partial charge in [-0.2, -0.15) is 0 Å². The fourth-order valence-corrected chi connectivity index (χ4v) is 2.14. The van der Waals surface area contributed by atoms with Gasteiger partial charge in [-0.3, -0.25) is 0 Å². The summed E-state index contributed by atoms with van der Waals surface area (Å²) < 4.78 is 5.77. The van der Waals surface area contributed by atoms with Crippen molar-refractivity contribution in [2.75, 3.05) is 6.54 Å². The normalized spacial score (nSPS) is 12.6. The van der Waals surface area contributed by atoms with Crippen molar-refractivity contribution in [3.63, 3.8) is 0 Å². The summed E-state index contributed by atoms with van der Waals surface area (Å²) in [6.45, 7) is 7.17. The monoisotopic (exact) mass is 273 g/mol. The van der Waals surface area contributed by atoms with E-state index in [0.29, 0.717) is 0 Å². The van der Waals surface area contributed by atoms with Crippen LogP contribution >= 0.6 is 0 Å². The minimum atomic E-state index is 0.0701. The van der Waals surface area contributed by atoms with Crippen molar-refractivity contribution in [3.05, 3.63) is 48.0 Å². The van der Waals surface area contributed by atoms with Crippen molar-refractivity contribution in [1.82, 2.24) is 15.3 Å². The zero-order valence-electron chi connectivity index (χ0n) is 12.4. The van der Waals surface area contributed by atoms with Gasteiger partial charge in [-0.1, -0.05) is 19.1 Å². The second kappa shape index (κ2) is 7.10. The van der Waals surface area contributed by atoms with Crippen LogP contribution in [0.2, 0.25) is 0 Å². The van der Waals surface area contributed by atoms with E-state index in [2.05, 4.69) is 34.3 Å². The van der Waals surface area contributed by atoms with Crippen LogP contribution in [0.15, 0.2) is 36.7 Å². The molecule has 0 fully saturated rings. The molecule has 4 heteroatoms. The molecule has 0 radical (unpaired) electrons. The van der Waals surface area contributed by atoms with Crippen LogP contribution < -0.4 is 10.1 Å². The topological polar surface area (TPSA) is 49.9 Å². The van der Waals surface area contributed by atoms with E-state index in [1.165, 1.54) is 0 Å². The van der Waals surface area contributed by atoms with Gasteiger partial charge >= 0.3 is 0 Å². The summed E-state index contributed by atoms with van der Waals surface area (Å²) in [5, 5.41) is 3.52. The number of aromatic amines is 1. The van der Waals surface area contributed by atoms with E-state index in [-0.39, 0.29) is 12.1 Å². The van der Waals surface area contributed by atoms with Crippen molar-refractivity contribution in [3.8, 4) is 5.75 Å². The third kappa shape index (κ3) is 3.84. The lowest BCUT2D eigenvalue weighted by Crippen LogP contribution is -2.24. The molecule has 0 saturated carbocycles. The number of ether oxygens (including phenoxy) is 1. The van der Waals surface area contributed by atoms with Crippen LogP contribution in [-0.4, -0.2) is 22.6 Å². The number of rotatable bonds is 7. The Kier molecular flexibility index (Phi) is 5.18. The zero-order valence-corrected chi connectivity index (χ0v) is 12.4. The SMILES string of the molecule is CCCNC(c1cccc(OC(C)C)c1)c1ncc[nH]1. The minimum Gasteiger partial charge on any atom is -0.491 e. The Morgan fingerprint density at radius 2 is 2.20 bits per heavy atom. The zero-order chi connectivity index (χ0) is 14.4. The number of hydrogen-bond acceptors (Lipinski definition) is 3. The van der Waals surface area contributed by atoms with Crippen LogP contribution in [0.1, 0.15) is 44.6 Å². The summed E-state index contributed by atoms with van der Waals surface area (Å²) >= 11 is 0. The molecule has 1 heterocycles. The Hall–Kier alpha value is -1.81. The molecule has 2 N–H and O–H groups in total. The van der Waals surface area contributed by atoms with E-state index < -0.39 is 0 Å². The Balaban J connectivity index is 2.24. The van der Waals surface area contributed by atoms with E-state index in [4.69, 9.17) is 4.74 Å². The van der Waals surface area contributed by atoms with Crippen molar-refractivity contribution in [1.29, 1.82) is 0 Å². The van der Waals surface area contributed by atoms with Gasteiger partial charge in [0.25, 0.3) is 0 Å². The van der Waals surface area contributed by atoms with E-state index in [1.807, 2.05) is 32.2 Å². The molecule has 0 aliphatic rings. The summed E-state index contributed by atoms with van der Waals surface area (Å²) in [5.41, 5.74) is 1.16. The number of aromatic nitrogens is 2. The molecule has 108 valence electrons. The number of nitrogens with zero attached hydrogens (tertiary/aromatic N) is 1. The first-order chi connectivity index (χ1) is 9.70. The predicted molar refractivity (Wildman–Crippen MR) is 80.9 cm³/mol. The average molecular weight is 273 g/mol. The van der Waals surface area contributed by atoms with Gasteiger partial charge in [0.15, 0.2) is 0 Å². The maximum atomic E-state index is 5.77. The highest BCUT2D eigenvalue weighted by atomic mass is 16.5. The highest BCUT2D eigenvalue weighted by molar-refractivity contribution is 5.33. The molecule has 1 atom stereocenters. The standard InChI is InChI=1S/C16H23N3O/c1-4-8-17-15(16-18-9-10-19-16)13-6-5-7-14(11-13)20-12(2)3/h5-7,9-12,15,17H,4,8H2,1-3H3,(H,18,19). The highest BCUT2D eigenvalue weighted by Crippen LogP contribution is 2.23. The maximum absolute atomic E-state index is 5.77. The summed E-state index contributed by atoms with van der Waals surface area (Å²) in [5.74, 6) is 1.83. The van der Waals surface area contributed by atoms with Crippen LogP contribution in [0.5, 0.6) is 5.75 Å². The van der Waals surface area contributed by atoms with Crippen LogP contribution in [0, 0.1) is 0 Å². The van der Waals surface area contributed by atoms with Crippen molar-refractivity contribution < 1.29 is 4.74 Å². The lowest BCUT2D eigenvalue weighted by Gasteiger charge is -2.18. The Morgan fingerprint density at radius 3 is 2.85 bits per heavy atom. The summed E-state index contributed by atoms with van der Waals surface area (Å²) in [4.78, 5) is 7.57. The molecule has 1 aromatic carbocycles. The molecule has 2 rings (SSSR count). The van der Waals surface area contributed by atoms with Gasteiger partial charge in [0.2, 0.25) is 0 Å². The number of hydrogen-bond donors (Lipinski definition) is 2. The van der Waals surface area contributed by atoms with Gasteiger partial charge in [-0.25, -0.2) is 4.98 Å². The number of imidazole rings is 1. The predicted octanol–water partition coefficient (Wildman–Crippen LogP) is 3.29. The molecule has 0 aliphatic carbocycles. The van der Waals surface area contributed by atoms with E-state index in [0.717, 1.165) is 30.1 Å². The molecular weight excluding hydrogens is 250 g/mol. The third-order valence-electron chi connectivity index (χ3n) is 2.95. The fraction of sp³-hybridized carbons (Fsp3) is 0.438. The van der Waals surface area contributed by atoms with Gasteiger partial charge in [0.1, 0.15) is 11.6 Å². The lowest BCUT2D eigenvalue weighted by molar-refractivity contribution is 0.242. The van der Waals surface area contributed by atoms with Crippen molar-refractivity contribution >= 4 is 0 Å². The molecule has 0 amide bonds. The van der Waals surface area contributed by atoms with E-state index in [1.54, 1.807) is 6.20 Å². The lowest BCUT2D eigenvalue weighted by atomic mass is 10.1. The van der Waals surface area contributed by atoms with Crippen molar-refractivity contribution in [2.45, 2.75) is 39.3 Å². The van der Waals surface area contributed by atoms with Crippen LogP contribution in [-0.2, 0) is 0 Å². The average Bonchev–Trinajstić information content (AvgIpc) is 2.93. The molecule has 0 saturated heterocycles. The molecule has 0 aliphatic heterocycles. The first kappa shape index (κ1) is 14.6. The van der Waals surface area contributed by atoms with Gasteiger partial charge in [0.05, 0.1) is 12.1 Å². The maximum Gasteiger partial charge on any atom is 0.127 e. The van der Waals surface area contributed by atoms with Gasteiger partial charge in [0, 0.05) is 12.4 Å². The third-order valence-corrected chi connectivity index (χ3v) is 2.95. The molecular formula is C16H23N3O. The fourth-order valence-electron chi connectivity index (χ4n) is 2.14. The quantitative estimate of drug-likeness (QED) is 0.814. The molecule has 0 bridgehead atoms. The van der Waals surface area contributed by atoms with Crippen LogP contribution in [0.4, 0.5) is 0 Å². The van der Waals surface area contributed by atoms with E-state index >= 15 is 0 Å². The van der Waals surface area contributed by atoms with Gasteiger partial charge in [-0.15, -0.1) is 0 Å². The second-order valence-corrected chi connectivity index (χ2v) is 5.10. The van der Waals surface area contributed by atoms with E-state index in [9.17, 15) is 0 Å². The molecule has 0 spiro atoms. The smallest absolute Gasteiger partial charge is 0.127 e. The molecule has 20 heavy (non-hydrogen) atoms. The van der Waals surface area contributed by atoms with Crippen LogP contribution in [0.3, 0.4) is 0 Å². The number of nitrogens with one attached hydrogen (secondary N) is 2. The molecule has 2 aromatic rings.